The molecule has 1 aliphatic heterocycles. The number of hydrogen-bond acceptors (Lipinski definition) is 4. The maximum absolute atomic E-state index is 12.8. The molecule has 0 unspecified atom stereocenters. The number of sulfonamides is 1. The van der Waals surface area contributed by atoms with Crippen LogP contribution in [0.1, 0.15) is 38.7 Å². The van der Waals surface area contributed by atoms with Crippen LogP contribution in [0.2, 0.25) is 0 Å². The SMILES string of the molecule is CN=C(NCc1cccc(S(=O)(=O)N2CCCCC2)c1)NCC(C)(C)OC. The van der Waals surface area contributed by atoms with Crippen LogP contribution in [-0.4, -0.2) is 58.1 Å². The van der Waals surface area contributed by atoms with Gasteiger partial charge in [0.2, 0.25) is 10.0 Å². The van der Waals surface area contributed by atoms with E-state index in [1.807, 2.05) is 19.9 Å². The minimum Gasteiger partial charge on any atom is -0.377 e. The lowest BCUT2D eigenvalue weighted by atomic mass is 10.1. The zero-order valence-electron chi connectivity index (χ0n) is 16.8. The molecule has 1 heterocycles. The summed E-state index contributed by atoms with van der Waals surface area (Å²) in [4.78, 5) is 4.55. The molecule has 0 amide bonds. The lowest BCUT2D eigenvalue weighted by Crippen LogP contribution is -2.45. The Morgan fingerprint density at radius 2 is 1.93 bits per heavy atom. The molecule has 8 heteroatoms. The van der Waals surface area contributed by atoms with Gasteiger partial charge in [0, 0.05) is 40.3 Å². The predicted molar refractivity (Wildman–Crippen MR) is 108 cm³/mol. The molecule has 0 atom stereocenters. The van der Waals surface area contributed by atoms with Gasteiger partial charge in [0.1, 0.15) is 0 Å². The van der Waals surface area contributed by atoms with E-state index in [1.54, 1.807) is 36.7 Å². The van der Waals surface area contributed by atoms with Gasteiger partial charge in [0.25, 0.3) is 0 Å². The fraction of sp³-hybridized carbons (Fsp3) is 0.632. The number of guanidine groups is 1. The van der Waals surface area contributed by atoms with Crippen molar-refractivity contribution >= 4 is 16.0 Å². The third-order valence-electron chi connectivity index (χ3n) is 4.77. The van der Waals surface area contributed by atoms with Gasteiger partial charge in [-0.05, 0) is 44.4 Å². The summed E-state index contributed by atoms with van der Waals surface area (Å²) in [5.41, 5.74) is 0.585. The van der Waals surface area contributed by atoms with E-state index in [2.05, 4.69) is 15.6 Å². The number of benzene rings is 1. The molecule has 2 N–H and O–H groups in total. The first kappa shape index (κ1) is 21.7. The highest BCUT2D eigenvalue weighted by Gasteiger charge is 2.26. The Morgan fingerprint density at radius 3 is 2.56 bits per heavy atom. The van der Waals surface area contributed by atoms with Crippen molar-refractivity contribution in [1.29, 1.82) is 0 Å². The quantitative estimate of drug-likeness (QED) is 0.544. The largest absolute Gasteiger partial charge is 0.377 e. The number of nitrogens with one attached hydrogen (secondary N) is 2. The van der Waals surface area contributed by atoms with Crippen LogP contribution in [0.5, 0.6) is 0 Å². The minimum absolute atomic E-state index is 0.305. The third-order valence-corrected chi connectivity index (χ3v) is 6.66. The van der Waals surface area contributed by atoms with Crippen molar-refractivity contribution < 1.29 is 13.2 Å². The Kier molecular flexibility index (Phi) is 7.64. The van der Waals surface area contributed by atoms with E-state index in [9.17, 15) is 8.42 Å². The highest BCUT2D eigenvalue weighted by Crippen LogP contribution is 2.21. The van der Waals surface area contributed by atoms with Crippen LogP contribution in [0.25, 0.3) is 0 Å². The van der Waals surface area contributed by atoms with Gasteiger partial charge in [0.15, 0.2) is 5.96 Å². The van der Waals surface area contributed by atoms with Crippen LogP contribution >= 0.6 is 0 Å². The highest BCUT2D eigenvalue weighted by molar-refractivity contribution is 7.89. The predicted octanol–water partition coefficient (Wildman–Crippen LogP) is 1.95. The number of aliphatic imine (C=N–C) groups is 1. The second kappa shape index (κ2) is 9.52. The molecule has 27 heavy (non-hydrogen) atoms. The van der Waals surface area contributed by atoms with Gasteiger partial charge >= 0.3 is 0 Å². The second-order valence-electron chi connectivity index (χ2n) is 7.36. The first-order valence-corrected chi connectivity index (χ1v) is 10.8. The molecular formula is C19H32N4O3S. The van der Waals surface area contributed by atoms with Crippen LogP contribution in [0.15, 0.2) is 34.2 Å². The summed E-state index contributed by atoms with van der Waals surface area (Å²) in [6.45, 7) is 6.28. The van der Waals surface area contributed by atoms with Gasteiger partial charge in [-0.2, -0.15) is 4.31 Å². The summed E-state index contributed by atoms with van der Waals surface area (Å²) in [6, 6.07) is 7.11. The molecule has 0 radical (unpaired) electrons. The zero-order chi connectivity index (χ0) is 19.9. The normalized spacial score (nSPS) is 17.0. The monoisotopic (exact) mass is 396 g/mol. The van der Waals surface area contributed by atoms with Crippen LogP contribution in [0.3, 0.4) is 0 Å². The number of rotatable bonds is 7. The molecule has 0 spiro atoms. The van der Waals surface area contributed by atoms with E-state index in [-0.39, 0.29) is 5.60 Å². The average Bonchev–Trinajstić information content (AvgIpc) is 2.69. The van der Waals surface area contributed by atoms with Crippen molar-refractivity contribution in [3.8, 4) is 0 Å². The molecule has 1 aromatic carbocycles. The molecule has 1 fully saturated rings. The molecule has 1 saturated heterocycles. The molecule has 0 aliphatic carbocycles. The number of methoxy groups -OCH3 is 1. The van der Waals surface area contributed by atoms with Gasteiger partial charge in [-0.1, -0.05) is 18.6 Å². The van der Waals surface area contributed by atoms with E-state index in [0.29, 0.717) is 37.0 Å². The fourth-order valence-corrected chi connectivity index (χ4v) is 4.43. The maximum atomic E-state index is 12.8. The standard InChI is InChI=1S/C19H32N4O3S/c1-19(2,26-4)15-22-18(20-3)21-14-16-9-8-10-17(13-16)27(24,25)23-11-6-5-7-12-23/h8-10,13H,5-7,11-12,14-15H2,1-4H3,(H2,20,21,22). The summed E-state index contributed by atoms with van der Waals surface area (Å²) < 4.78 is 32.7. The lowest BCUT2D eigenvalue weighted by molar-refractivity contribution is 0.0268. The molecule has 1 aliphatic rings. The van der Waals surface area contributed by atoms with Crippen molar-refractivity contribution in [1.82, 2.24) is 14.9 Å². The Bertz CT molecular complexity index is 741. The van der Waals surface area contributed by atoms with E-state index in [4.69, 9.17) is 4.74 Å². The minimum atomic E-state index is -3.42. The van der Waals surface area contributed by atoms with Crippen molar-refractivity contribution in [3.05, 3.63) is 29.8 Å². The summed E-state index contributed by atoms with van der Waals surface area (Å²) in [5.74, 6) is 0.643. The van der Waals surface area contributed by atoms with Crippen molar-refractivity contribution in [2.24, 2.45) is 4.99 Å². The Labute approximate surface area is 163 Å². The Hall–Kier alpha value is -1.64. The Morgan fingerprint density at radius 1 is 1.22 bits per heavy atom. The van der Waals surface area contributed by atoms with Crippen molar-refractivity contribution in [3.63, 3.8) is 0 Å². The third kappa shape index (κ3) is 6.19. The number of ether oxygens (including phenoxy) is 1. The van der Waals surface area contributed by atoms with Crippen LogP contribution < -0.4 is 10.6 Å². The van der Waals surface area contributed by atoms with Gasteiger partial charge in [-0.3, -0.25) is 4.99 Å². The van der Waals surface area contributed by atoms with Crippen LogP contribution in [-0.2, 0) is 21.3 Å². The zero-order valence-corrected chi connectivity index (χ0v) is 17.6. The number of hydrogen-bond donors (Lipinski definition) is 2. The van der Waals surface area contributed by atoms with Crippen molar-refractivity contribution in [2.75, 3.05) is 33.8 Å². The lowest BCUT2D eigenvalue weighted by Gasteiger charge is -2.26. The van der Waals surface area contributed by atoms with Crippen LogP contribution in [0.4, 0.5) is 0 Å². The molecule has 2 rings (SSSR count). The molecule has 0 bridgehead atoms. The van der Waals surface area contributed by atoms with Gasteiger partial charge < -0.3 is 15.4 Å². The first-order valence-electron chi connectivity index (χ1n) is 9.37. The highest BCUT2D eigenvalue weighted by atomic mass is 32.2. The van der Waals surface area contributed by atoms with E-state index in [0.717, 1.165) is 24.8 Å². The summed E-state index contributed by atoms with van der Waals surface area (Å²) in [7, 11) is -0.0449. The average molecular weight is 397 g/mol. The molecule has 0 aromatic heterocycles. The molecule has 7 nitrogen and oxygen atoms in total. The van der Waals surface area contributed by atoms with Gasteiger partial charge in [-0.15, -0.1) is 0 Å². The van der Waals surface area contributed by atoms with Crippen molar-refractivity contribution in [2.45, 2.75) is 50.2 Å². The van der Waals surface area contributed by atoms with E-state index >= 15 is 0 Å². The van der Waals surface area contributed by atoms with Gasteiger partial charge in [-0.25, -0.2) is 8.42 Å². The Balaban J connectivity index is 2.00. The summed E-state index contributed by atoms with van der Waals surface area (Å²) in [6.07, 6.45) is 2.96. The smallest absolute Gasteiger partial charge is 0.243 e. The molecule has 0 saturated carbocycles. The molecular weight excluding hydrogens is 364 g/mol. The van der Waals surface area contributed by atoms with Crippen LogP contribution in [0, 0.1) is 0 Å². The number of piperidine rings is 1. The fourth-order valence-electron chi connectivity index (χ4n) is 2.85. The summed E-state index contributed by atoms with van der Waals surface area (Å²) in [5, 5.41) is 6.43. The molecule has 152 valence electrons. The van der Waals surface area contributed by atoms with E-state index in [1.165, 1.54) is 0 Å². The number of nitrogens with zero attached hydrogens (tertiary/aromatic N) is 2. The first-order chi connectivity index (χ1) is 12.8. The molecule has 1 aromatic rings. The van der Waals surface area contributed by atoms with Gasteiger partial charge in [0.05, 0.1) is 10.5 Å². The second-order valence-corrected chi connectivity index (χ2v) is 9.29. The van der Waals surface area contributed by atoms with E-state index < -0.39 is 10.0 Å². The maximum Gasteiger partial charge on any atom is 0.243 e. The summed E-state index contributed by atoms with van der Waals surface area (Å²) >= 11 is 0. The topological polar surface area (TPSA) is 83.0 Å².